The Hall–Kier alpha value is -1.23. The number of hydrogen-bond acceptors (Lipinski definition) is 5. The third kappa shape index (κ3) is 0.714. The van der Waals surface area contributed by atoms with Gasteiger partial charge in [-0.2, -0.15) is 4.37 Å². The average molecular weight is 152 g/mol. The first-order valence-electron chi connectivity index (χ1n) is 2.69. The molecule has 0 fully saturated rings. The molecule has 0 aliphatic heterocycles. The van der Waals surface area contributed by atoms with Crippen LogP contribution in [-0.4, -0.2) is 14.3 Å². The number of nitrogen functional groups attached to an aromatic ring is 1. The maximum absolute atomic E-state index is 5.34. The molecule has 2 N–H and O–H groups in total. The van der Waals surface area contributed by atoms with Gasteiger partial charge in [-0.1, -0.05) is 0 Å². The predicted octanol–water partition coefficient (Wildman–Crippen LogP) is 0.668. The van der Waals surface area contributed by atoms with E-state index in [1.165, 1.54) is 11.5 Å². The van der Waals surface area contributed by atoms with Crippen molar-refractivity contribution >= 4 is 27.7 Å². The van der Waals surface area contributed by atoms with E-state index in [0.717, 1.165) is 10.2 Å². The standard InChI is InChI=1S/C5H4N4S/c6-5-7-2-4-3(9-5)1-8-10-4/h1-2H,(H2,6,7,9). The lowest BCUT2D eigenvalue weighted by Crippen LogP contribution is -1.91. The molecule has 0 saturated carbocycles. The smallest absolute Gasteiger partial charge is 0.220 e. The topological polar surface area (TPSA) is 64.7 Å². The van der Waals surface area contributed by atoms with Gasteiger partial charge >= 0.3 is 0 Å². The summed E-state index contributed by atoms with van der Waals surface area (Å²) in [7, 11) is 0. The van der Waals surface area contributed by atoms with Crippen LogP contribution in [0.25, 0.3) is 10.2 Å². The minimum atomic E-state index is 0.299. The van der Waals surface area contributed by atoms with Gasteiger partial charge in [0, 0.05) is 0 Å². The van der Waals surface area contributed by atoms with Crippen LogP contribution in [0.4, 0.5) is 5.95 Å². The van der Waals surface area contributed by atoms with Crippen LogP contribution in [0.3, 0.4) is 0 Å². The Morgan fingerprint density at radius 2 is 2.30 bits per heavy atom. The molecule has 0 aliphatic carbocycles. The quantitative estimate of drug-likeness (QED) is 0.602. The third-order valence-corrected chi connectivity index (χ3v) is 1.85. The van der Waals surface area contributed by atoms with Crippen molar-refractivity contribution in [3.63, 3.8) is 0 Å². The fourth-order valence-electron chi connectivity index (χ4n) is 0.694. The van der Waals surface area contributed by atoms with E-state index in [1.807, 2.05) is 0 Å². The molecule has 0 amide bonds. The number of nitrogens with zero attached hydrogens (tertiary/aromatic N) is 3. The van der Waals surface area contributed by atoms with Gasteiger partial charge in [-0.05, 0) is 11.5 Å². The van der Waals surface area contributed by atoms with Gasteiger partial charge in [0.25, 0.3) is 0 Å². The number of aromatic nitrogens is 3. The first kappa shape index (κ1) is 5.55. The van der Waals surface area contributed by atoms with Gasteiger partial charge in [0.1, 0.15) is 5.52 Å². The Kier molecular flexibility index (Phi) is 1.04. The summed E-state index contributed by atoms with van der Waals surface area (Å²) >= 11 is 1.37. The minimum absolute atomic E-state index is 0.299. The van der Waals surface area contributed by atoms with Gasteiger partial charge in [0.15, 0.2) is 0 Å². The summed E-state index contributed by atoms with van der Waals surface area (Å²) in [5.41, 5.74) is 6.15. The molecule has 0 atom stereocenters. The summed E-state index contributed by atoms with van der Waals surface area (Å²) < 4.78 is 4.89. The van der Waals surface area contributed by atoms with Crippen LogP contribution in [-0.2, 0) is 0 Å². The number of rotatable bonds is 0. The Labute approximate surface area is 60.9 Å². The first-order valence-corrected chi connectivity index (χ1v) is 3.46. The summed E-state index contributed by atoms with van der Waals surface area (Å²) in [6.07, 6.45) is 3.35. The number of nitrogens with two attached hydrogens (primary N) is 1. The molecule has 4 nitrogen and oxygen atoms in total. The molecule has 0 aromatic carbocycles. The molecule has 2 heterocycles. The fraction of sp³-hybridized carbons (Fsp3) is 0. The van der Waals surface area contributed by atoms with Crippen LogP contribution in [0.2, 0.25) is 0 Å². The Balaban J connectivity index is 2.86. The van der Waals surface area contributed by atoms with Gasteiger partial charge < -0.3 is 5.73 Å². The average Bonchev–Trinajstić information content (AvgIpc) is 2.33. The molecule has 0 saturated heterocycles. The normalized spacial score (nSPS) is 10.4. The van der Waals surface area contributed by atoms with Crippen molar-refractivity contribution in [2.75, 3.05) is 5.73 Å². The number of hydrogen-bond donors (Lipinski definition) is 1. The zero-order valence-corrected chi connectivity index (χ0v) is 5.80. The highest BCUT2D eigenvalue weighted by Gasteiger charge is 1.96. The van der Waals surface area contributed by atoms with Crippen LogP contribution in [0.15, 0.2) is 12.4 Å². The van der Waals surface area contributed by atoms with Crippen molar-refractivity contribution in [2.45, 2.75) is 0 Å². The summed E-state index contributed by atoms with van der Waals surface area (Å²) in [5, 5.41) is 0. The zero-order valence-electron chi connectivity index (χ0n) is 4.98. The molecule has 2 aromatic rings. The number of anilines is 1. The molecule has 0 spiro atoms. The van der Waals surface area contributed by atoms with E-state index in [0.29, 0.717) is 5.95 Å². The lowest BCUT2D eigenvalue weighted by atomic mass is 10.5. The Morgan fingerprint density at radius 3 is 3.20 bits per heavy atom. The van der Waals surface area contributed by atoms with Gasteiger partial charge in [-0.3, -0.25) is 0 Å². The van der Waals surface area contributed by atoms with Crippen LogP contribution < -0.4 is 5.73 Å². The molecule has 2 aromatic heterocycles. The van der Waals surface area contributed by atoms with E-state index < -0.39 is 0 Å². The van der Waals surface area contributed by atoms with Gasteiger partial charge in [-0.25, -0.2) is 9.97 Å². The van der Waals surface area contributed by atoms with Crippen LogP contribution in [0.1, 0.15) is 0 Å². The zero-order chi connectivity index (χ0) is 6.97. The maximum Gasteiger partial charge on any atom is 0.220 e. The van der Waals surface area contributed by atoms with Gasteiger partial charge in [0.2, 0.25) is 5.95 Å². The van der Waals surface area contributed by atoms with E-state index in [2.05, 4.69) is 14.3 Å². The van der Waals surface area contributed by atoms with E-state index >= 15 is 0 Å². The highest BCUT2D eigenvalue weighted by Crippen LogP contribution is 2.13. The number of fused-ring (bicyclic) bond motifs is 1. The maximum atomic E-state index is 5.34. The lowest BCUT2D eigenvalue weighted by Gasteiger charge is -1.87. The van der Waals surface area contributed by atoms with Crippen molar-refractivity contribution < 1.29 is 0 Å². The molecule has 0 radical (unpaired) electrons. The second kappa shape index (κ2) is 1.88. The van der Waals surface area contributed by atoms with Gasteiger partial charge in [0.05, 0.1) is 17.1 Å². The summed E-state index contributed by atoms with van der Waals surface area (Å²) in [6, 6.07) is 0. The molecule has 50 valence electrons. The first-order chi connectivity index (χ1) is 4.86. The summed E-state index contributed by atoms with van der Waals surface area (Å²) in [4.78, 5) is 7.77. The van der Waals surface area contributed by atoms with E-state index in [1.54, 1.807) is 12.4 Å². The second-order valence-electron chi connectivity index (χ2n) is 1.80. The minimum Gasteiger partial charge on any atom is -0.368 e. The van der Waals surface area contributed by atoms with Crippen molar-refractivity contribution in [1.82, 2.24) is 14.3 Å². The highest BCUT2D eigenvalue weighted by atomic mass is 32.1. The van der Waals surface area contributed by atoms with E-state index in [4.69, 9.17) is 5.73 Å². The molecule has 10 heavy (non-hydrogen) atoms. The molecule has 0 unspecified atom stereocenters. The monoisotopic (exact) mass is 152 g/mol. The lowest BCUT2D eigenvalue weighted by molar-refractivity contribution is 1.24. The largest absolute Gasteiger partial charge is 0.368 e. The summed E-state index contributed by atoms with van der Waals surface area (Å²) in [6.45, 7) is 0. The van der Waals surface area contributed by atoms with Crippen molar-refractivity contribution in [3.05, 3.63) is 12.4 Å². The van der Waals surface area contributed by atoms with Crippen LogP contribution >= 0.6 is 11.5 Å². The summed E-state index contributed by atoms with van der Waals surface area (Å²) in [5.74, 6) is 0.299. The van der Waals surface area contributed by atoms with E-state index in [9.17, 15) is 0 Å². The second-order valence-corrected chi connectivity index (χ2v) is 2.64. The van der Waals surface area contributed by atoms with Crippen LogP contribution in [0.5, 0.6) is 0 Å². The SMILES string of the molecule is Nc1ncc2sncc2n1. The molecular formula is C5H4N4S. The molecule has 0 bridgehead atoms. The Morgan fingerprint density at radius 1 is 1.40 bits per heavy atom. The predicted molar refractivity (Wildman–Crippen MR) is 39.6 cm³/mol. The molecule has 2 rings (SSSR count). The Bertz CT molecular complexity index is 355. The van der Waals surface area contributed by atoms with Crippen molar-refractivity contribution in [1.29, 1.82) is 0 Å². The molecule has 5 heteroatoms. The molecular weight excluding hydrogens is 148 g/mol. The third-order valence-electron chi connectivity index (χ3n) is 1.13. The van der Waals surface area contributed by atoms with Crippen molar-refractivity contribution in [3.8, 4) is 0 Å². The van der Waals surface area contributed by atoms with Crippen molar-refractivity contribution in [2.24, 2.45) is 0 Å². The highest BCUT2D eigenvalue weighted by molar-refractivity contribution is 7.13. The fourth-order valence-corrected chi connectivity index (χ4v) is 1.25. The van der Waals surface area contributed by atoms with Crippen LogP contribution in [0, 0.1) is 0 Å². The molecule has 0 aliphatic rings. The van der Waals surface area contributed by atoms with Gasteiger partial charge in [-0.15, -0.1) is 0 Å². The van der Waals surface area contributed by atoms with E-state index in [-0.39, 0.29) is 0 Å².